The van der Waals surface area contributed by atoms with Crippen molar-refractivity contribution >= 4 is 5.91 Å². The van der Waals surface area contributed by atoms with Gasteiger partial charge in [0.25, 0.3) is 5.91 Å². The lowest BCUT2D eigenvalue weighted by molar-refractivity contribution is 0.0686. The molecule has 1 aromatic rings. The Bertz CT molecular complexity index is 351. The first-order valence-electron chi connectivity index (χ1n) is 5.39. The van der Waals surface area contributed by atoms with Crippen LogP contribution in [0.1, 0.15) is 36.0 Å². The summed E-state index contributed by atoms with van der Waals surface area (Å²) in [6.07, 6.45) is 2.17. The van der Waals surface area contributed by atoms with E-state index < -0.39 is 0 Å². The van der Waals surface area contributed by atoms with Crippen LogP contribution < -0.4 is 0 Å². The smallest absolute Gasteiger partial charge is 0.276 e. The minimum Gasteiger partial charge on any atom is -0.361 e. The molecular formula is C11H16N2O2. The van der Waals surface area contributed by atoms with E-state index in [0.717, 1.165) is 31.8 Å². The molecule has 0 saturated carbocycles. The molecule has 0 bridgehead atoms. The van der Waals surface area contributed by atoms with Crippen LogP contribution in [0.5, 0.6) is 0 Å². The van der Waals surface area contributed by atoms with Crippen LogP contribution in [-0.4, -0.2) is 29.1 Å². The summed E-state index contributed by atoms with van der Waals surface area (Å²) in [5, 5.41) is 3.74. The molecule has 1 saturated heterocycles. The van der Waals surface area contributed by atoms with Crippen LogP contribution in [-0.2, 0) is 0 Å². The molecule has 2 heterocycles. The van der Waals surface area contributed by atoms with E-state index in [-0.39, 0.29) is 5.91 Å². The van der Waals surface area contributed by atoms with Crippen molar-refractivity contribution in [2.45, 2.75) is 26.7 Å². The van der Waals surface area contributed by atoms with Crippen molar-refractivity contribution in [1.29, 1.82) is 0 Å². The Morgan fingerprint density at radius 3 is 2.73 bits per heavy atom. The minimum atomic E-state index is -0.00116. The van der Waals surface area contributed by atoms with Crippen molar-refractivity contribution in [3.8, 4) is 0 Å². The first-order chi connectivity index (χ1) is 7.16. The lowest BCUT2D eigenvalue weighted by Crippen LogP contribution is -2.38. The highest BCUT2D eigenvalue weighted by Crippen LogP contribution is 2.17. The number of piperidine rings is 1. The summed E-state index contributed by atoms with van der Waals surface area (Å²) in [5.74, 6) is 1.41. The molecule has 0 radical (unpaired) electrons. The summed E-state index contributed by atoms with van der Waals surface area (Å²) >= 11 is 0. The van der Waals surface area contributed by atoms with Crippen molar-refractivity contribution in [1.82, 2.24) is 10.1 Å². The second kappa shape index (κ2) is 4.04. The molecule has 0 N–H and O–H groups in total. The van der Waals surface area contributed by atoms with Gasteiger partial charge in [0, 0.05) is 19.2 Å². The van der Waals surface area contributed by atoms with Crippen LogP contribution in [0.3, 0.4) is 0 Å². The molecule has 1 fully saturated rings. The first-order valence-corrected chi connectivity index (χ1v) is 5.39. The van der Waals surface area contributed by atoms with E-state index in [1.807, 2.05) is 4.90 Å². The van der Waals surface area contributed by atoms with Gasteiger partial charge in [0.05, 0.1) is 0 Å². The molecule has 15 heavy (non-hydrogen) atoms. The van der Waals surface area contributed by atoms with Crippen molar-refractivity contribution in [2.75, 3.05) is 13.1 Å². The lowest BCUT2D eigenvalue weighted by Gasteiger charge is -2.29. The van der Waals surface area contributed by atoms with Crippen molar-refractivity contribution in [3.63, 3.8) is 0 Å². The average Bonchev–Trinajstić information content (AvgIpc) is 2.65. The summed E-state index contributed by atoms with van der Waals surface area (Å²) in [6.45, 7) is 5.70. The summed E-state index contributed by atoms with van der Waals surface area (Å²) in [5.41, 5.74) is 0.432. The van der Waals surface area contributed by atoms with Crippen LogP contribution in [0.2, 0.25) is 0 Å². The molecule has 0 spiro atoms. The predicted molar refractivity (Wildman–Crippen MR) is 55.5 cm³/mol. The van der Waals surface area contributed by atoms with Crippen LogP contribution in [0, 0.1) is 12.8 Å². The topological polar surface area (TPSA) is 46.3 Å². The average molecular weight is 208 g/mol. The van der Waals surface area contributed by atoms with Gasteiger partial charge in [-0.3, -0.25) is 4.79 Å². The maximum absolute atomic E-state index is 11.9. The second-order valence-corrected chi connectivity index (χ2v) is 4.30. The molecule has 1 amide bonds. The van der Waals surface area contributed by atoms with Gasteiger partial charge in [-0.15, -0.1) is 0 Å². The molecule has 4 nitrogen and oxygen atoms in total. The van der Waals surface area contributed by atoms with Crippen molar-refractivity contribution < 1.29 is 9.32 Å². The van der Waals surface area contributed by atoms with Gasteiger partial charge in [0.1, 0.15) is 5.76 Å². The highest BCUT2D eigenvalue weighted by molar-refractivity contribution is 5.92. The van der Waals surface area contributed by atoms with Gasteiger partial charge < -0.3 is 9.42 Å². The number of nitrogens with zero attached hydrogens (tertiary/aromatic N) is 2. The SMILES string of the molecule is Cc1cc(C(=O)N2CCC(C)CC2)no1. The Hall–Kier alpha value is -1.32. The number of carbonyl (C=O) groups excluding carboxylic acids is 1. The van der Waals surface area contributed by atoms with E-state index >= 15 is 0 Å². The van der Waals surface area contributed by atoms with Gasteiger partial charge >= 0.3 is 0 Å². The molecule has 1 aliphatic heterocycles. The van der Waals surface area contributed by atoms with E-state index in [9.17, 15) is 4.79 Å². The standard InChI is InChI=1S/C11H16N2O2/c1-8-3-5-13(6-4-8)11(14)10-7-9(2)15-12-10/h7-8H,3-6H2,1-2H3. The highest BCUT2D eigenvalue weighted by atomic mass is 16.5. The number of hydrogen-bond acceptors (Lipinski definition) is 3. The number of amides is 1. The fourth-order valence-corrected chi connectivity index (χ4v) is 1.84. The fraction of sp³-hybridized carbons (Fsp3) is 0.636. The molecule has 82 valence electrons. The number of aromatic nitrogens is 1. The monoisotopic (exact) mass is 208 g/mol. The van der Waals surface area contributed by atoms with Gasteiger partial charge in [0.15, 0.2) is 5.69 Å². The minimum absolute atomic E-state index is 0.00116. The summed E-state index contributed by atoms with van der Waals surface area (Å²) in [4.78, 5) is 13.8. The molecule has 0 atom stereocenters. The lowest BCUT2D eigenvalue weighted by atomic mass is 9.99. The molecule has 4 heteroatoms. The van der Waals surface area contributed by atoms with E-state index in [1.165, 1.54) is 0 Å². The molecule has 0 aromatic carbocycles. The molecule has 2 rings (SSSR count). The van der Waals surface area contributed by atoms with Crippen LogP contribution in [0.15, 0.2) is 10.6 Å². The highest BCUT2D eigenvalue weighted by Gasteiger charge is 2.23. The fourth-order valence-electron chi connectivity index (χ4n) is 1.84. The third kappa shape index (κ3) is 2.19. The van der Waals surface area contributed by atoms with Crippen LogP contribution in [0.25, 0.3) is 0 Å². The second-order valence-electron chi connectivity index (χ2n) is 4.30. The summed E-state index contributed by atoms with van der Waals surface area (Å²) in [6, 6.07) is 1.69. The summed E-state index contributed by atoms with van der Waals surface area (Å²) in [7, 11) is 0. The normalized spacial score (nSPS) is 18.1. The van der Waals surface area contributed by atoms with Crippen molar-refractivity contribution in [3.05, 3.63) is 17.5 Å². The Balaban J connectivity index is 2.02. The third-order valence-electron chi connectivity index (χ3n) is 2.92. The maximum atomic E-state index is 11.9. The van der Waals surface area contributed by atoms with E-state index in [2.05, 4.69) is 12.1 Å². The predicted octanol–water partition coefficient (Wildman–Crippen LogP) is 1.86. The zero-order chi connectivity index (χ0) is 10.8. The largest absolute Gasteiger partial charge is 0.361 e. The summed E-state index contributed by atoms with van der Waals surface area (Å²) < 4.78 is 4.90. The van der Waals surface area contributed by atoms with Gasteiger partial charge in [-0.05, 0) is 25.7 Å². The molecule has 0 aliphatic carbocycles. The maximum Gasteiger partial charge on any atom is 0.276 e. The van der Waals surface area contributed by atoms with Crippen molar-refractivity contribution in [2.24, 2.45) is 5.92 Å². The number of aryl methyl sites for hydroxylation is 1. The van der Waals surface area contributed by atoms with Crippen LogP contribution >= 0.6 is 0 Å². The zero-order valence-corrected chi connectivity index (χ0v) is 9.19. The number of rotatable bonds is 1. The van der Waals surface area contributed by atoms with Gasteiger partial charge in [-0.25, -0.2) is 0 Å². The Labute approximate surface area is 89.2 Å². The van der Waals surface area contributed by atoms with E-state index in [0.29, 0.717) is 11.5 Å². The van der Waals surface area contributed by atoms with Gasteiger partial charge in [-0.2, -0.15) is 0 Å². The quantitative estimate of drug-likeness (QED) is 0.707. The number of carbonyl (C=O) groups is 1. The van der Waals surface area contributed by atoms with E-state index in [1.54, 1.807) is 13.0 Å². The zero-order valence-electron chi connectivity index (χ0n) is 9.19. The first kappa shape index (κ1) is 10.2. The molecule has 1 aliphatic rings. The van der Waals surface area contributed by atoms with Crippen LogP contribution in [0.4, 0.5) is 0 Å². The third-order valence-corrected chi connectivity index (χ3v) is 2.92. The molecule has 0 unspecified atom stereocenters. The number of likely N-dealkylation sites (tertiary alicyclic amines) is 1. The Morgan fingerprint density at radius 2 is 2.20 bits per heavy atom. The molecular weight excluding hydrogens is 192 g/mol. The van der Waals surface area contributed by atoms with Gasteiger partial charge in [0.2, 0.25) is 0 Å². The Morgan fingerprint density at radius 1 is 1.53 bits per heavy atom. The molecule has 1 aromatic heterocycles. The number of hydrogen-bond donors (Lipinski definition) is 0. The van der Waals surface area contributed by atoms with E-state index in [4.69, 9.17) is 4.52 Å². The Kier molecular flexibility index (Phi) is 2.75. The van der Waals surface area contributed by atoms with Gasteiger partial charge in [-0.1, -0.05) is 12.1 Å².